The van der Waals surface area contributed by atoms with Gasteiger partial charge in [-0.1, -0.05) is 13.8 Å². The van der Waals surface area contributed by atoms with Crippen molar-refractivity contribution in [2.24, 2.45) is 5.92 Å². The van der Waals surface area contributed by atoms with Crippen LogP contribution in [0.25, 0.3) is 0 Å². The summed E-state index contributed by atoms with van der Waals surface area (Å²) in [5.74, 6) is -0.379. The van der Waals surface area contributed by atoms with E-state index in [0.29, 0.717) is 32.2 Å². The Labute approximate surface area is 107 Å². The Kier molecular flexibility index (Phi) is 5.91. The molecule has 6 nitrogen and oxygen atoms in total. The van der Waals surface area contributed by atoms with Gasteiger partial charge < -0.3 is 20.1 Å². The number of amides is 2. The zero-order valence-corrected chi connectivity index (χ0v) is 11.0. The molecule has 2 N–H and O–H groups in total. The Balaban J connectivity index is 2.44. The van der Waals surface area contributed by atoms with Crippen LogP contribution in [-0.4, -0.2) is 54.4 Å². The summed E-state index contributed by atoms with van der Waals surface area (Å²) in [6, 6.07) is -0.555. The van der Waals surface area contributed by atoms with Gasteiger partial charge in [-0.2, -0.15) is 0 Å². The molecule has 0 aliphatic carbocycles. The average molecular weight is 258 g/mol. The minimum absolute atomic E-state index is 0.0718. The second-order valence-electron chi connectivity index (χ2n) is 4.93. The lowest BCUT2D eigenvalue weighted by Crippen LogP contribution is -2.53. The van der Waals surface area contributed by atoms with Gasteiger partial charge in [-0.05, 0) is 12.3 Å². The topological polar surface area (TPSA) is 78.9 Å². The van der Waals surface area contributed by atoms with E-state index in [1.165, 1.54) is 0 Å². The highest BCUT2D eigenvalue weighted by molar-refractivity contribution is 5.76. The van der Waals surface area contributed by atoms with Crippen LogP contribution in [0.1, 0.15) is 26.7 Å². The normalized spacial score (nSPS) is 19.9. The van der Waals surface area contributed by atoms with Gasteiger partial charge in [0.05, 0.1) is 25.7 Å². The lowest BCUT2D eigenvalue weighted by Gasteiger charge is -2.34. The van der Waals surface area contributed by atoms with E-state index in [2.05, 4.69) is 19.2 Å². The minimum atomic E-state index is -0.912. The Bertz CT molecular complexity index is 294. The van der Waals surface area contributed by atoms with Gasteiger partial charge in [0.2, 0.25) is 0 Å². The molecule has 6 heteroatoms. The van der Waals surface area contributed by atoms with Crippen LogP contribution < -0.4 is 5.32 Å². The third kappa shape index (κ3) is 4.91. The average Bonchev–Trinajstić information content (AvgIpc) is 2.28. The number of nitrogens with zero attached hydrogens (tertiary/aromatic N) is 1. The van der Waals surface area contributed by atoms with Crippen LogP contribution in [0.15, 0.2) is 0 Å². The number of aliphatic carboxylic acids is 1. The molecule has 2 amide bonds. The van der Waals surface area contributed by atoms with Gasteiger partial charge in [-0.25, -0.2) is 4.79 Å². The molecular formula is C12H22N2O4. The lowest BCUT2D eigenvalue weighted by atomic mass is 10.1. The smallest absolute Gasteiger partial charge is 0.317 e. The second-order valence-corrected chi connectivity index (χ2v) is 4.93. The molecule has 1 aliphatic rings. The molecule has 1 heterocycles. The molecule has 1 atom stereocenters. The molecule has 0 bridgehead atoms. The number of carbonyl (C=O) groups is 2. The van der Waals surface area contributed by atoms with E-state index in [4.69, 9.17) is 9.84 Å². The molecule has 1 aliphatic heterocycles. The molecule has 1 unspecified atom stereocenters. The third-order valence-electron chi connectivity index (χ3n) is 2.90. The SMILES string of the molecule is CC(C)CCNC(=O)N1CCOCC1CC(=O)O. The maximum absolute atomic E-state index is 11.9. The molecule has 0 spiro atoms. The molecule has 0 aromatic rings. The first-order chi connectivity index (χ1) is 8.50. The highest BCUT2D eigenvalue weighted by atomic mass is 16.5. The monoisotopic (exact) mass is 258 g/mol. The first kappa shape index (κ1) is 14.8. The van der Waals surface area contributed by atoms with Crippen LogP contribution in [0.4, 0.5) is 4.79 Å². The van der Waals surface area contributed by atoms with Gasteiger partial charge >= 0.3 is 12.0 Å². The summed E-state index contributed by atoms with van der Waals surface area (Å²) < 4.78 is 5.22. The predicted octanol–water partition coefficient (Wildman–Crippen LogP) is 0.918. The molecule has 0 radical (unpaired) electrons. The fraction of sp³-hybridized carbons (Fsp3) is 0.833. The van der Waals surface area contributed by atoms with Crippen molar-refractivity contribution in [3.63, 3.8) is 0 Å². The van der Waals surface area contributed by atoms with Gasteiger partial charge in [-0.3, -0.25) is 4.79 Å². The highest BCUT2D eigenvalue weighted by Gasteiger charge is 2.28. The number of carbonyl (C=O) groups excluding carboxylic acids is 1. The first-order valence-electron chi connectivity index (χ1n) is 6.34. The number of carboxylic acid groups (broad SMARTS) is 1. The van der Waals surface area contributed by atoms with Crippen molar-refractivity contribution in [3.8, 4) is 0 Å². The van der Waals surface area contributed by atoms with Gasteiger partial charge in [0.25, 0.3) is 0 Å². The maximum atomic E-state index is 11.9. The third-order valence-corrected chi connectivity index (χ3v) is 2.90. The number of hydrogen-bond donors (Lipinski definition) is 2. The van der Waals surface area contributed by atoms with E-state index in [9.17, 15) is 9.59 Å². The number of nitrogens with one attached hydrogen (secondary N) is 1. The summed E-state index contributed by atoms with van der Waals surface area (Å²) in [7, 11) is 0. The minimum Gasteiger partial charge on any atom is -0.481 e. The van der Waals surface area contributed by atoms with E-state index in [-0.39, 0.29) is 18.5 Å². The lowest BCUT2D eigenvalue weighted by molar-refractivity contribution is -0.139. The largest absolute Gasteiger partial charge is 0.481 e. The van der Waals surface area contributed by atoms with Crippen molar-refractivity contribution in [1.82, 2.24) is 10.2 Å². The van der Waals surface area contributed by atoms with Crippen molar-refractivity contribution in [1.29, 1.82) is 0 Å². The van der Waals surface area contributed by atoms with Crippen LogP contribution >= 0.6 is 0 Å². The molecule has 0 saturated carbocycles. The zero-order chi connectivity index (χ0) is 13.5. The zero-order valence-electron chi connectivity index (χ0n) is 11.0. The highest BCUT2D eigenvalue weighted by Crippen LogP contribution is 2.11. The van der Waals surface area contributed by atoms with Crippen molar-refractivity contribution < 1.29 is 19.4 Å². The number of ether oxygens (including phenoxy) is 1. The number of rotatable bonds is 5. The quantitative estimate of drug-likeness (QED) is 0.768. The summed E-state index contributed by atoms with van der Waals surface area (Å²) in [4.78, 5) is 24.2. The van der Waals surface area contributed by atoms with E-state index < -0.39 is 5.97 Å². The number of carboxylic acids is 1. The molecule has 18 heavy (non-hydrogen) atoms. The van der Waals surface area contributed by atoms with Crippen LogP contribution in [0.5, 0.6) is 0 Å². The predicted molar refractivity (Wildman–Crippen MR) is 66.4 cm³/mol. The number of hydrogen-bond acceptors (Lipinski definition) is 3. The fourth-order valence-electron chi connectivity index (χ4n) is 1.86. The van der Waals surface area contributed by atoms with E-state index in [1.807, 2.05) is 0 Å². The summed E-state index contributed by atoms with van der Waals surface area (Å²) in [6.07, 6.45) is 0.845. The van der Waals surface area contributed by atoms with Crippen molar-refractivity contribution in [2.45, 2.75) is 32.7 Å². The van der Waals surface area contributed by atoms with Gasteiger partial charge in [-0.15, -0.1) is 0 Å². The second kappa shape index (κ2) is 7.20. The standard InChI is InChI=1S/C12H22N2O4/c1-9(2)3-4-13-12(17)14-5-6-18-8-10(14)7-11(15)16/h9-10H,3-8H2,1-2H3,(H,13,17)(H,15,16). The Morgan fingerprint density at radius 3 is 2.83 bits per heavy atom. The summed E-state index contributed by atoms with van der Waals surface area (Å²) in [5.41, 5.74) is 0. The van der Waals surface area contributed by atoms with Crippen molar-refractivity contribution in [3.05, 3.63) is 0 Å². The fourth-order valence-corrected chi connectivity index (χ4v) is 1.86. The maximum Gasteiger partial charge on any atom is 0.317 e. The van der Waals surface area contributed by atoms with Crippen LogP contribution in [0.2, 0.25) is 0 Å². The van der Waals surface area contributed by atoms with Crippen LogP contribution in [0, 0.1) is 5.92 Å². The van der Waals surface area contributed by atoms with Gasteiger partial charge in [0, 0.05) is 13.1 Å². The van der Waals surface area contributed by atoms with Gasteiger partial charge in [0.15, 0.2) is 0 Å². The summed E-state index contributed by atoms with van der Waals surface area (Å²) in [5, 5.41) is 11.6. The molecule has 1 rings (SSSR count). The van der Waals surface area contributed by atoms with Crippen LogP contribution in [0.3, 0.4) is 0 Å². The molecule has 104 valence electrons. The number of morpholine rings is 1. The first-order valence-corrected chi connectivity index (χ1v) is 6.34. The van der Waals surface area contributed by atoms with E-state index in [0.717, 1.165) is 6.42 Å². The molecular weight excluding hydrogens is 236 g/mol. The summed E-state index contributed by atoms with van der Waals surface area (Å²) in [6.45, 7) is 6.01. The van der Waals surface area contributed by atoms with Crippen molar-refractivity contribution >= 4 is 12.0 Å². The molecule has 0 aromatic carbocycles. The Morgan fingerprint density at radius 2 is 2.22 bits per heavy atom. The number of urea groups is 1. The summed E-state index contributed by atoms with van der Waals surface area (Å²) >= 11 is 0. The van der Waals surface area contributed by atoms with Crippen molar-refractivity contribution in [2.75, 3.05) is 26.3 Å². The molecule has 1 fully saturated rings. The molecule has 1 saturated heterocycles. The van der Waals surface area contributed by atoms with Crippen LogP contribution in [-0.2, 0) is 9.53 Å². The Morgan fingerprint density at radius 1 is 1.50 bits per heavy atom. The molecule has 0 aromatic heterocycles. The van der Waals surface area contributed by atoms with Gasteiger partial charge in [0.1, 0.15) is 0 Å². The Hall–Kier alpha value is -1.30. The van der Waals surface area contributed by atoms with E-state index in [1.54, 1.807) is 4.90 Å². The van der Waals surface area contributed by atoms with E-state index >= 15 is 0 Å².